The third-order valence-electron chi connectivity index (χ3n) is 2.80. The van der Waals surface area contributed by atoms with Crippen LogP contribution in [0.3, 0.4) is 0 Å². The van der Waals surface area contributed by atoms with Gasteiger partial charge in [0.25, 0.3) is 0 Å². The van der Waals surface area contributed by atoms with Crippen LogP contribution < -0.4 is 10.7 Å². The van der Waals surface area contributed by atoms with Gasteiger partial charge < -0.3 is 5.32 Å². The highest BCUT2D eigenvalue weighted by atomic mass is 19.1. The van der Waals surface area contributed by atoms with Gasteiger partial charge in [-0.1, -0.05) is 6.07 Å². The zero-order valence-electron chi connectivity index (χ0n) is 12.0. The van der Waals surface area contributed by atoms with Crippen molar-refractivity contribution in [3.05, 3.63) is 59.4 Å². The van der Waals surface area contributed by atoms with Crippen LogP contribution in [-0.4, -0.2) is 16.7 Å². The van der Waals surface area contributed by atoms with Crippen molar-refractivity contribution in [1.82, 2.24) is 10.4 Å². The molecule has 114 valence electrons. The molecule has 22 heavy (non-hydrogen) atoms. The number of nitrogens with zero attached hydrogens (tertiary/aromatic N) is 2. The smallest absolute Gasteiger partial charge is 0.306 e. The second-order valence-electron chi connectivity index (χ2n) is 4.59. The molecule has 0 aliphatic carbocycles. The number of urea groups is 1. The lowest BCUT2D eigenvalue weighted by molar-refractivity contribution is 0.252. The molecule has 0 atom stereocenters. The molecule has 7 heteroatoms. The minimum atomic E-state index is -0.779. The van der Waals surface area contributed by atoms with E-state index < -0.39 is 17.7 Å². The van der Waals surface area contributed by atoms with Gasteiger partial charge in [0.2, 0.25) is 0 Å². The van der Waals surface area contributed by atoms with Crippen LogP contribution in [-0.2, 0) is 0 Å². The molecule has 0 saturated carbocycles. The normalized spacial score (nSPS) is 11.2. The van der Waals surface area contributed by atoms with Crippen LogP contribution in [0, 0.1) is 18.6 Å². The van der Waals surface area contributed by atoms with E-state index in [2.05, 4.69) is 20.8 Å². The molecule has 0 unspecified atom stereocenters. The van der Waals surface area contributed by atoms with E-state index in [1.54, 1.807) is 19.2 Å². The van der Waals surface area contributed by atoms with Crippen LogP contribution in [0.15, 0.2) is 41.6 Å². The van der Waals surface area contributed by atoms with Gasteiger partial charge in [-0.2, -0.15) is 5.10 Å². The monoisotopic (exact) mass is 304 g/mol. The summed E-state index contributed by atoms with van der Waals surface area (Å²) in [5.74, 6) is -1.56. The zero-order valence-corrected chi connectivity index (χ0v) is 12.0. The maximum Gasteiger partial charge on any atom is 0.339 e. The fourth-order valence-corrected chi connectivity index (χ4v) is 1.84. The number of pyridine rings is 1. The molecule has 1 heterocycles. The zero-order chi connectivity index (χ0) is 16.1. The number of hydrogen-bond acceptors (Lipinski definition) is 3. The Morgan fingerprint density at radius 2 is 1.91 bits per heavy atom. The molecular weight excluding hydrogens is 290 g/mol. The molecule has 2 aromatic rings. The highest BCUT2D eigenvalue weighted by molar-refractivity contribution is 5.99. The molecule has 0 aliphatic rings. The number of aryl methyl sites for hydroxylation is 1. The van der Waals surface area contributed by atoms with Crippen LogP contribution in [0.2, 0.25) is 0 Å². The Morgan fingerprint density at radius 1 is 1.23 bits per heavy atom. The topological polar surface area (TPSA) is 66.4 Å². The van der Waals surface area contributed by atoms with Crippen LogP contribution >= 0.6 is 0 Å². The van der Waals surface area contributed by atoms with Gasteiger partial charge in [-0.3, -0.25) is 4.98 Å². The average Bonchev–Trinajstić information content (AvgIpc) is 2.44. The number of hydrazone groups is 1. The first-order chi connectivity index (χ1) is 10.5. The lowest BCUT2D eigenvalue weighted by Gasteiger charge is -2.06. The summed E-state index contributed by atoms with van der Waals surface area (Å²) in [5, 5.41) is 6.19. The Bertz CT molecular complexity index is 711. The summed E-state index contributed by atoms with van der Waals surface area (Å²) in [6.45, 7) is 3.56. The summed E-state index contributed by atoms with van der Waals surface area (Å²) in [6.07, 6.45) is 1.62. The number of amides is 2. The Kier molecular flexibility index (Phi) is 4.77. The van der Waals surface area contributed by atoms with Crippen LogP contribution in [0.4, 0.5) is 19.3 Å². The van der Waals surface area contributed by atoms with Gasteiger partial charge in [-0.25, -0.2) is 19.0 Å². The van der Waals surface area contributed by atoms with E-state index in [1.165, 1.54) is 0 Å². The van der Waals surface area contributed by atoms with Crippen molar-refractivity contribution in [2.75, 3.05) is 5.32 Å². The number of carbonyl (C=O) groups excluding carboxylic acids is 1. The molecule has 5 nitrogen and oxygen atoms in total. The highest BCUT2D eigenvalue weighted by Crippen LogP contribution is 2.12. The van der Waals surface area contributed by atoms with Crippen LogP contribution in [0.1, 0.15) is 18.2 Å². The van der Waals surface area contributed by atoms with Gasteiger partial charge in [0.05, 0.1) is 11.4 Å². The van der Waals surface area contributed by atoms with Gasteiger partial charge in [0.1, 0.15) is 11.6 Å². The van der Waals surface area contributed by atoms with Crippen LogP contribution in [0.25, 0.3) is 0 Å². The maximum absolute atomic E-state index is 13.0. The largest absolute Gasteiger partial charge is 0.339 e. The SMILES string of the molecule is C/C(=N\NC(=O)Nc1cc(F)cc(F)c1)c1ncccc1C. The highest BCUT2D eigenvalue weighted by Gasteiger charge is 2.06. The fraction of sp³-hybridized carbons (Fsp3) is 0.133. The van der Waals surface area contributed by atoms with E-state index in [1.807, 2.05) is 13.0 Å². The Morgan fingerprint density at radius 3 is 2.55 bits per heavy atom. The summed E-state index contributed by atoms with van der Waals surface area (Å²) < 4.78 is 26.0. The summed E-state index contributed by atoms with van der Waals surface area (Å²) in [6, 6.07) is 5.68. The van der Waals surface area contributed by atoms with E-state index in [9.17, 15) is 13.6 Å². The minimum absolute atomic E-state index is 0.00290. The van der Waals surface area contributed by atoms with Crippen molar-refractivity contribution in [2.24, 2.45) is 5.10 Å². The fourth-order valence-electron chi connectivity index (χ4n) is 1.84. The molecular formula is C15H14F2N4O. The third-order valence-corrected chi connectivity index (χ3v) is 2.80. The van der Waals surface area contributed by atoms with E-state index in [-0.39, 0.29) is 5.69 Å². The molecule has 1 aromatic carbocycles. The average molecular weight is 304 g/mol. The second-order valence-corrected chi connectivity index (χ2v) is 4.59. The van der Waals surface area contributed by atoms with Crippen molar-refractivity contribution in [3.63, 3.8) is 0 Å². The molecule has 1 aromatic heterocycles. The van der Waals surface area contributed by atoms with Crippen molar-refractivity contribution in [2.45, 2.75) is 13.8 Å². The van der Waals surface area contributed by atoms with Gasteiger partial charge in [0.15, 0.2) is 0 Å². The van der Waals surface area contributed by atoms with Crippen molar-refractivity contribution >= 4 is 17.4 Å². The standard InChI is InChI=1S/C15H14F2N4O/c1-9-4-3-5-18-14(9)10(2)20-21-15(22)19-13-7-11(16)6-12(17)8-13/h3-8H,1-2H3,(H2,19,21,22)/b20-10+. The minimum Gasteiger partial charge on any atom is -0.306 e. The first kappa shape index (κ1) is 15.6. The van der Waals surface area contributed by atoms with Gasteiger partial charge in [-0.05, 0) is 37.6 Å². The lowest BCUT2D eigenvalue weighted by atomic mass is 10.1. The van der Waals surface area contributed by atoms with Gasteiger partial charge in [-0.15, -0.1) is 0 Å². The molecule has 0 radical (unpaired) electrons. The van der Waals surface area contributed by atoms with Gasteiger partial charge >= 0.3 is 6.03 Å². The Labute approximate surface area is 126 Å². The number of rotatable bonds is 3. The van der Waals surface area contributed by atoms with Crippen molar-refractivity contribution in [1.29, 1.82) is 0 Å². The van der Waals surface area contributed by atoms with Crippen LogP contribution in [0.5, 0.6) is 0 Å². The summed E-state index contributed by atoms with van der Waals surface area (Å²) in [5.41, 5.74) is 4.33. The number of hydrogen-bond donors (Lipinski definition) is 2. The third kappa shape index (κ3) is 4.08. The van der Waals surface area contributed by atoms with E-state index in [4.69, 9.17) is 0 Å². The first-order valence-electron chi connectivity index (χ1n) is 6.45. The predicted molar refractivity (Wildman–Crippen MR) is 79.7 cm³/mol. The number of halogens is 2. The molecule has 2 amide bonds. The second kappa shape index (κ2) is 6.75. The summed E-state index contributed by atoms with van der Waals surface area (Å²) in [7, 11) is 0. The number of anilines is 1. The van der Waals surface area contributed by atoms with Gasteiger partial charge in [0, 0.05) is 18.0 Å². The number of aromatic nitrogens is 1. The van der Waals surface area contributed by atoms with E-state index in [0.29, 0.717) is 11.4 Å². The molecule has 0 bridgehead atoms. The molecule has 2 rings (SSSR count). The predicted octanol–water partition coefficient (Wildman–Crippen LogP) is 3.21. The van der Waals surface area contributed by atoms with E-state index >= 15 is 0 Å². The summed E-state index contributed by atoms with van der Waals surface area (Å²) >= 11 is 0. The molecule has 0 saturated heterocycles. The quantitative estimate of drug-likeness (QED) is 0.675. The van der Waals surface area contributed by atoms with E-state index in [0.717, 1.165) is 23.8 Å². The molecule has 0 spiro atoms. The summed E-state index contributed by atoms with van der Waals surface area (Å²) in [4.78, 5) is 15.8. The lowest BCUT2D eigenvalue weighted by Crippen LogP contribution is -2.25. The molecule has 0 aliphatic heterocycles. The van der Waals surface area contributed by atoms with Crippen molar-refractivity contribution < 1.29 is 13.6 Å². The number of nitrogens with one attached hydrogen (secondary N) is 2. The first-order valence-corrected chi connectivity index (χ1v) is 6.45. The Hall–Kier alpha value is -2.83. The Balaban J connectivity index is 2.03. The molecule has 2 N–H and O–H groups in total. The van der Waals surface area contributed by atoms with Crippen molar-refractivity contribution in [3.8, 4) is 0 Å². The number of benzene rings is 1. The number of carbonyl (C=O) groups is 1. The maximum atomic E-state index is 13.0. The molecule has 0 fully saturated rings.